The maximum atomic E-state index is 11.8. The van der Waals surface area contributed by atoms with Crippen LogP contribution < -0.4 is 10.2 Å². The highest BCUT2D eigenvalue weighted by Gasteiger charge is 2.12. The molecule has 1 aromatic heterocycles. The highest BCUT2D eigenvalue weighted by Crippen LogP contribution is 2.23. The number of ether oxygens (including phenoxy) is 2. The SMILES string of the molecule is COc1cc(C(=O)NO)cc(-c2ccc(C#Cc3ccc(CN4CCOCC4)cc3)cc2)n1. The number of hydrogen-bond donors (Lipinski definition) is 2. The summed E-state index contributed by atoms with van der Waals surface area (Å²) in [5.74, 6) is 6.04. The number of amides is 1. The smallest absolute Gasteiger partial charge is 0.274 e. The number of morpholine rings is 1. The van der Waals surface area contributed by atoms with E-state index in [-0.39, 0.29) is 11.4 Å². The van der Waals surface area contributed by atoms with E-state index in [9.17, 15) is 4.79 Å². The molecule has 0 radical (unpaired) electrons. The molecule has 3 aromatic rings. The van der Waals surface area contributed by atoms with Crippen LogP contribution >= 0.6 is 0 Å². The summed E-state index contributed by atoms with van der Waals surface area (Å²) in [6, 6.07) is 19.0. The van der Waals surface area contributed by atoms with Gasteiger partial charge in [-0.05, 0) is 35.9 Å². The van der Waals surface area contributed by atoms with Crippen LogP contribution in [0.4, 0.5) is 0 Å². The molecule has 2 heterocycles. The second-order valence-corrected chi connectivity index (χ2v) is 7.64. The van der Waals surface area contributed by atoms with Gasteiger partial charge in [0.15, 0.2) is 0 Å². The average molecular weight is 444 g/mol. The zero-order valence-electron chi connectivity index (χ0n) is 18.4. The van der Waals surface area contributed by atoms with Gasteiger partial charge in [0.1, 0.15) is 0 Å². The number of benzene rings is 2. The Hall–Kier alpha value is -3.70. The van der Waals surface area contributed by atoms with Gasteiger partial charge in [-0.15, -0.1) is 0 Å². The largest absolute Gasteiger partial charge is 0.481 e. The zero-order valence-corrected chi connectivity index (χ0v) is 18.4. The Labute approximate surface area is 192 Å². The van der Waals surface area contributed by atoms with Crippen molar-refractivity contribution in [1.82, 2.24) is 15.4 Å². The molecule has 0 unspecified atom stereocenters. The average Bonchev–Trinajstić information content (AvgIpc) is 2.88. The van der Waals surface area contributed by atoms with Gasteiger partial charge in [0.25, 0.3) is 5.91 Å². The van der Waals surface area contributed by atoms with Gasteiger partial charge in [0, 0.05) is 48.0 Å². The minimum Gasteiger partial charge on any atom is -0.481 e. The van der Waals surface area contributed by atoms with E-state index in [0.29, 0.717) is 5.69 Å². The number of pyridine rings is 1. The molecule has 0 atom stereocenters. The van der Waals surface area contributed by atoms with Gasteiger partial charge in [-0.3, -0.25) is 14.9 Å². The fourth-order valence-corrected chi connectivity index (χ4v) is 3.53. The standard InChI is InChI=1S/C26H25N3O4/c1-32-25-17-23(26(30)28-31)16-24(27-25)22-10-8-20(9-11-22)3-2-19-4-6-21(7-5-19)18-29-12-14-33-15-13-29/h4-11,16-17,31H,12-15,18H2,1H3,(H,28,30). The van der Waals surface area contributed by atoms with Crippen molar-refractivity contribution in [2.24, 2.45) is 0 Å². The first-order valence-corrected chi connectivity index (χ1v) is 10.7. The van der Waals surface area contributed by atoms with E-state index in [0.717, 1.165) is 49.5 Å². The monoisotopic (exact) mass is 443 g/mol. The third-order valence-corrected chi connectivity index (χ3v) is 5.37. The Morgan fingerprint density at radius 3 is 2.30 bits per heavy atom. The number of methoxy groups -OCH3 is 1. The number of nitrogens with zero attached hydrogens (tertiary/aromatic N) is 2. The molecule has 0 saturated carbocycles. The molecular weight excluding hydrogens is 418 g/mol. The Balaban J connectivity index is 1.45. The Morgan fingerprint density at radius 1 is 1.06 bits per heavy atom. The van der Waals surface area contributed by atoms with Gasteiger partial charge in [-0.2, -0.15) is 0 Å². The zero-order chi connectivity index (χ0) is 23.0. The van der Waals surface area contributed by atoms with Crippen molar-refractivity contribution >= 4 is 5.91 Å². The molecule has 2 aromatic carbocycles. The number of aromatic nitrogens is 1. The highest BCUT2D eigenvalue weighted by atomic mass is 16.5. The molecule has 7 nitrogen and oxygen atoms in total. The minimum atomic E-state index is -0.629. The topological polar surface area (TPSA) is 83.9 Å². The van der Waals surface area contributed by atoms with Crippen LogP contribution in [0.5, 0.6) is 5.88 Å². The summed E-state index contributed by atoms with van der Waals surface area (Å²) in [5.41, 5.74) is 6.34. The van der Waals surface area contributed by atoms with Gasteiger partial charge in [-0.25, -0.2) is 10.5 Å². The van der Waals surface area contributed by atoms with E-state index in [1.54, 1.807) is 11.5 Å². The maximum absolute atomic E-state index is 11.8. The van der Waals surface area contributed by atoms with Crippen molar-refractivity contribution in [3.05, 3.63) is 82.9 Å². The molecule has 1 saturated heterocycles. The molecule has 0 aliphatic carbocycles. The summed E-state index contributed by atoms with van der Waals surface area (Å²) in [4.78, 5) is 18.6. The Bertz CT molecular complexity index is 1160. The number of carbonyl (C=O) groups excluding carboxylic acids is 1. The second kappa shape index (κ2) is 10.7. The molecular formula is C26H25N3O4. The van der Waals surface area contributed by atoms with E-state index in [1.165, 1.54) is 18.7 Å². The molecule has 0 spiro atoms. The van der Waals surface area contributed by atoms with Crippen molar-refractivity contribution < 1.29 is 19.5 Å². The van der Waals surface area contributed by atoms with Crippen molar-refractivity contribution in [1.29, 1.82) is 0 Å². The molecule has 2 N–H and O–H groups in total. The summed E-state index contributed by atoms with van der Waals surface area (Å²) in [7, 11) is 1.47. The minimum absolute atomic E-state index is 0.250. The van der Waals surface area contributed by atoms with Crippen LogP contribution in [0.1, 0.15) is 27.0 Å². The molecule has 1 fully saturated rings. The fraction of sp³-hybridized carbons (Fsp3) is 0.231. The van der Waals surface area contributed by atoms with Crippen molar-refractivity contribution in [2.45, 2.75) is 6.54 Å². The number of nitrogens with one attached hydrogen (secondary N) is 1. The van der Waals surface area contributed by atoms with Crippen LogP contribution in [0.15, 0.2) is 60.7 Å². The van der Waals surface area contributed by atoms with Crippen LogP contribution in [0.2, 0.25) is 0 Å². The lowest BCUT2D eigenvalue weighted by Gasteiger charge is -2.26. The lowest BCUT2D eigenvalue weighted by Crippen LogP contribution is -2.35. The lowest BCUT2D eigenvalue weighted by molar-refractivity contribution is 0.0342. The van der Waals surface area contributed by atoms with Crippen LogP contribution in [-0.4, -0.2) is 54.4 Å². The lowest BCUT2D eigenvalue weighted by atomic mass is 10.1. The molecule has 7 heteroatoms. The molecule has 1 aliphatic heterocycles. The van der Waals surface area contributed by atoms with E-state index >= 15 is 0 Å². The van der Waals surface area contributed by atoms with Crippen LogP contribution in [0, 0.1) is 11.8 Å². The van der Waals surface area contributed by atoms with Crippen LogP contribution in [0.3, 0.4) is 0 Å². The molecule has 0 bridgehead atoms. The fourth-order valence-electron chi connectivity index (χ4n) is 3.53. The van der Waals surface area contributed by atoms with E-state index in [2.05, 4.69) is 33.9 Å². The molecule has 4 rings (SSSR count). The summed E-state index contributed by atoms with van der Waals surface area (Å²) >= 11 is 0. The predicted octanol–water partition coefficient (Wildman–Crippen LogP) is 3.11. The summed E-state index contributed by atoms with van der Waals surface area (Å²) in [6.45, 7) is 4.47. The second-order valence-electron chi connectivity index (χ2n) is 7.64. The third-order valence-electron chi connectivity index (χ3n) is 5.37. The van der Waals surface area contributed by atoms with Gasteiger partial charge in [0.05, 0.1) is 26.0 Å². The quantitative estimate of drug-likeness (QED) is 0.358. The number of rotatable bonds is 5. The van der Waals surface area contributed by atoms with Gasteiger partial charge in [0.2, 0.25) is 5.88 Å². The number of hydrogen-bond acceptors (Lipinski definition) is 6. The summed E-state index contributed by atoms with van der Waals surface area (Å²) < 4.78 is 10.6. The highest BCUT2D eigenvalue weighted by molar-refractivity contribution is 5.94. The van der Waals surface area contributed by atoms with E-state index in [4.69, 9.17) is 14.7 Å². The maximum Gasteiger partial charge on any atom is 0.274 e. The number of hydroxylamine groups is 1. The molecule has 1 aliphatic rings. The predicted molar refractivity (Wildman–Crippen MR) is 124 cm³/mol. The summed E-state index contributed by atoms with van der Waals surface area (Å²) in [6.07, 6.45) is 0. The van der Waals surface area contributed by atoms with Crippen molar-refractivity contribution in [3.8, 4) is 29.0 Å². The van der Waals surface area contributed by atoms with Gasteiger partial charge < -0.3 is 9.47 Å². The Kier molecular flexibility index (Phi) is 7.33. The molecule has 1 amide bonds. The molecule has 33 heavy (non-hydrogen) atoms. The van der Waals surface area contributed by atoms with Gasteiger partial charge >= 0.3 is 0 Å². The van der Waals surface area contributed by atoms with E-state index < -0.39 is 5.91 Å². The first-order chi connectivity index (χ1) is 16.1. The van der Waals surface area contributed by atoms with Crippen molar-refractivity contribution in [3.63, 3.8) is 0 Å². The van der Waals surface area contributed by atoms with Crippen LogP contribution in [0.25, 0.3) is 11.3 Å². The first kappa shape index (κ1) is 22.5. The summed E-state index contributed by atoms with van der Waals surface area (Å²) in [5, 5.41) is 8.91. The third kappa shape index (κ3) is 5.96. The van der Waals surface area contributed by atoms with Gasteiger partial charge in [-0.1, -0.05) is 36.1 Å². The van der Waals surface area contributed by atoms with E-state index in [1.807, 2.05) is 36.4 Å². The number of carbonyl (C=O) groups is 1. The molecule has 168 valence electrons. The van der Waals surface area contributed by atoms with Crippen molar-refractivity contribution in [2.75, 3.05) is 33.4 Å². The normalized spacial score (nSPS) is 13.6. The van der Waals surface area contributed by atoms with Crippen LogP contribution in [-0.2, 0) is 11.3 Å². The first-order valence-electron chi connectivity index (χ1n) is 10.7. The Morgan fingerprint density at radius 2 is 1.70 bits per heavy atom.